The van der Waals surface area contributed by atoms with E-state index < -0.39 is 0 Å². The van der Waals surface area contributed by atoms with Gasteiger partial charge in [-0.25, -0.2) is 0 Å². The first-order valence-electron chi connectivity index (χ1n) is 8.34. The number of nitrogens with two attached hydrogens (primary N) is 1. The van der Waals surface area contributed by atoms with E-state index in [0.29, 0.717) is 22.9 Å². The largest absolute Gasteiger partial charge is 0.485 e. The van der Waals surface area contributed by atoms with Crippen molar-refractivity contribution >= 4 is 11.5 Å². The van der Waals surface area contributed by atoms with E-state index in [4.69, 9.17) is 10.5 Å². The summed E-state index contributed by atoms with van der Waals surface area (Å²) in [5.74, 6) is 1.27. The highest BCUT2D eigenvalue weighted by Crippen LogP contribution is 2.32. The van der Waals surface area contributed by atoms with Crippen LogP contribution in [0.3, 0.4) is 0 Å². The Kier molecular flexibility index (Phi) is 4.96. The van der Waals surface area contributed by atoms with Gasteiger partial charge in [0.15, 0.2) is 12.4 Å². The van der Waals surface area contributed by atoms with Gasteiger partial charge in [0.2, 0.25) is 0 Å². The molecule has 0 amide bonds. The Hall–Kier alpha value is -2.29. The minimum Gasteiger partial charge on any atom is -0.485 e. The molecule has 3 heteroatoms. The van der Waals surface area contributed by atoms with Gasteiger partial charge in [-0.05, 0) is 36.5 Å². The fourth-order valence-corrected chi connectivity index (χ4v) is 3.21. The predicted octanol–water partition coefficient (Wildman–Crippen LogP) is 4.58. The van der Waals surface area contributed by atoms with Gasteiger partial charge < -0.3 is 10.5 Å². The van der Waals surface area contributed by atoms with Crippen molar-refractivity contribution < 1.29 is 9.53 Å². The molecule has 0 saturated heterocycles. The van der Waals surface area contributed by atoms with Crippen LogP contribution in [-0.4, -0.2) is 12.4 Å². The molecule has 1 aliphatic rings. The topological polar surface area (TPSA) is 52.3 Å². The van der Waals surface area contributed by atoms with Crippen molar-refractivity contribution in [3.8, 4) is 5.75 Å². The number of ether oxygens (including phenoxy) is 1. The summed E-state index contributed by atoms with van der Waals surface area (Å²) in [7, 11) is 0. The SMILES string of the molecule is Nc1cccc(OCC(=O)c2ccc(C3CCCCC3)cc2)c1. The Bertz CT molecular complexity index is 658. The van der Waals surface area contributed by atoms with E-state index >= 15 is 0 Å². The number of benzene rings is 2. The van der Waals surface area contributed by atoms with Gasteiger partial charge in [-0.15, -0.1) is 0 Å². The zero-order chi connectivity index (χ0) is 16.1. The average molecular weight is 309 g/mol. The number of carbonyl (C=O) groups is 1. The molecule has 3 nitrogen and oxygen atoms in total. The quantitative estimate of drug-likeness (QED) is 0.650. The Labute approximate surface area is 137 Å². The molecular formula is C20H23NO2. The van der Waals surface area contributed by atoms with Gasteiger partial charge in [-0.1, -0.05) is 49.6 Å². The Morgan fingerprint density at radius 3 is 2.48 bits per heavy atom. The predicted molar refractivity (Wildman–Crippen MR) is 92.9 cm³/mol. The first-order chi connectivity index (χ1) is 11.2. The maximum atomic E-state index is 12.2. The van der Waals surface area contributed by atoms with Gasteiger partial charge in [0.1, 0.15) is 5.75 Å². The molecule has 2 N–H and O–H groups in total. The van der Waals surface area contributed by atoms with Gasteiger partial charge in [0, 0.05) is 17.3 Å². The second-order valence-corrected chi connectivity index (χ2v) is 6.24. The zero-order valence-electron chi connectivity index (χ0n) is 13.3. The van der Waals surface area contributed by atoms with Crippen LogP contribution >= 0.6 is 0 Å². The number of Topliss-reactive ketones (excluding diaryl/α,β-unsaturated/α-hetero) is 1. The van der Waals surface area contributed by atoms with Crippen molar-refractivity contribution in [3.05, 3.63) is 59.7 Å². The van der Waals surface area contributed by atoms with Crippen LogP contribution in [0, 0.1) is 0 Å². The number of anilines is 1. The van der Waals surface area contributed by atoms with Crippen molar-refractivity contribution in [2.75, 3.05) is 12.3 Å². The fraction of sp³-hybridized carbons (Fsp3) is 0.350. The number of hydrogen-bond acceptors (Lipinski definition) is 3. The smallest absolute Gasteiger partial charge is 0.200 e. The highest BCUT2D eigenvalue weighted by molar-refractivity contribution is 5.97. The molecule has 0 heterocycles. The van der Waals surface area contributed by atoms with Crippen LogP contribution in [0.5, 0.6) is 5.75 Å². The second-order valence-electron chi connectivity index (χ2n) is 6.24. The van der Waals surface area contributed by atoms with E-state index in [1.165, 1.54) is 37.7 Å². The summed E-state index contributed by atoms with van der Waals surface area (Å²) in [6.45, 7) is 0.0340. The van der Waals surface area contributed by atoms with Gasteiger partial charge in [-0.3, -0.25) is 4.79 Å². The molecule has 120 valence electrons. The number of hydrogen-bond donors (Lipinski definition) is 1. The molecule has 0 radical (unpaired) electrons. The van der Waals surface area contributed by atoms with Crippen LogP contribution in [0.15, 0.2) is 48.5 Å². The van der Waals surface area contributed by atoms with Crippen LogP contribution in [0.25, 0.3) is 0 Å². The summed E-state index contributed by atoms with van der Waals surface area (Å²) < 4.78 is 5.52. The van der Waals surface area contributed by atoms with Crippen LogP contribution in [0.1, 0.15) is 53.9 Å². The molecule has 3 rings (SSSR count). The Balaban J connectivity index is 1.59. The van der Waals surface area contributed by atoms with Crippen molar-refractivity contribution in [1.82, 2.24) is 0 Å². The van der Waals surface area contributed by atoms with E-state index in [1.807, 2.05) is 18.2 Å². The van der Waals surface area contributed by atoms with Crippen molar-refractivity contribution in [2.24, 2.45) is 0 Å². The number of rotatable bonds is 5. The molecule has 0 aliphatic heterocycles. The van der Waals surface area contributed by atoms with Crippen molar-refractivity contribution in [3.63, 3.8) is 0 Å². The third-order valence-electron chi connectivity index (χ3n) is 4.54. The van der Waals surface area contributed by atoms with Crippen LogP contribution in [-0.2, 0) is 0 Å². The summed E-state index contributed by atoms with van der Waals surface area (Å²) in [4.78, 5) is 12.2. The third-order valence-corrected chi connectivity index (χ3v) is 4.54. The number of ketones is 1. The molecular weight excluding hydrogens is 286 g/mol. The van der Waals surface area contributed by atoms with E-state index in [1.54, 1.807) is 18.2 Å². The van der Waals surface area contributed by atoms with Gasteiger partial charge in [-0.2, -0.15) is 0 Å². The fourth-order valence-electron chi connectivity index (χ4n) is 3.21. The molecule has 0 aromatic heterocycles. The summed E-state index contributed by atoms with van der Waals surface area (Å²) >= 11 is 0. The average Bonchev–Trinajstić information content (AvgIpc) is 2.61. The van der Waals surface area contributed by atoms with E-state index in [2.05, 4.69) is 12.1 Å². The number of nitrogen functional groups attached to an aromatic ring is 1. The minimum atomic E-state index is -0.0115. The molecule has 2 aromatic carbocycles. The molecule has 0 atom stereocenters. The van der Waals surface area contributed by atoms with Crippen LogP contribution in [0.4, 0.5) is 5.69 Å². The maximum Gasteiger partial charge on any atom is 0.200 e. The minimum absolute atomic E-state index is 0.0115. The lowest BCUT2D eigenvalue weighted by Gasteiger charge is -2.22. The molecule has 1 fully saturated rings. The molecule has 2 aromatic rings. The second kappa shape index (κ2) is 7.32. The zero-order valence-corrected chi connectivity index (χ0v) is 13.3. The molecule has 1 aliphatic carbocycles. The monoisotopic (exact) mass is 309 g/mol. The van der Waals surface area contributed by atoms with Gasteiger partial charge >= 0.3 is 0 Å². The molecule has 23 heavy (non-hydrogen) atoms. The summed E-state index contributed by atoms with van der Waals surface area (Å²) in [6, 6.07) is 15.2. The lowest BCUT2D eigenvalue weighted by Crippen LogP contribution is -2.12. The lowest BCUT2D eigenvalue weighted by molar-refractivity contribution is 0.0921. The molecule has 0 unspecified atom stereocenters. The van der Waals surface area contributed by atoms with Crippen LogP contribution < -0.4 is 10.5 Å². The lowest BCUT2D eigenvalue weighted by atomic mass is 9.84. The molecule has 1 saturated carbocycles. The number of carbonyl (C=O) groups excluding carboxylic acids is 1. The normalized spacial score (nSPS) is 15.3. The molecule has 0 bridgehead atoms. The standard InChI is InChI=1S/C20H23NO2/c21-18-7-4-8-19(13-18)23-14-20(22)17-11-9-16(10-12-17)15-5-2-1-3-6-15/h4,7-13,15H,1-3,5-6,14,21H2. The molecule has 0 spiro atoms. The van der Waals surface area contributed by atoms with E-state index in [9.17, 15) is 4.79 Å². The van der Waals surface area contributed by atoms with Gasteiger partial charge in [0.05, 0.1) is 0 Å². The first kappa shape index (κ1) is 15.6. The van der Waals surface area contributed by atoms with E-state index in [0.717, 1.165) is 0 Å². The van der Waals surface area contributed by atoms with Crippen molar-refractivity contribution in [1.29, 1.82) is 0 Å². The third kappa shape index (κ3) is 4.13. The van der Waals surface area contributed by atoms with Crippen LogP contribution in [0.2, 0.25) is 0 Å². The highest BCUT2D eigenvalue weighted by atomic mass is 16.5. The summed E-state index contributed by atoms with van der Waals surface area (Å²) in [6.07, 6.45) is 6.53. The van der Waals surface area contributed by atoms with Gasteiger partial charge in [0.25, 0.3) is 0 Å². The Morgan fingerprint density at radius 2 is 1.78 bits per heavy atom. The van der Waals surface area contributed by atoms with Crippen molar-refractivity contribution in [2.45, 2.75) is 38.0 Å². The Morgan fingerprint density at radius 1 is 1.04 bits per heavy atom. The van der Waals surface area contributed by atoms with E-state index in [-0.39, 0.29) is 12.4 Å². The first-order valence-corrected chi connectivity index (χ1v) is 8.34. The maximum absolute atomic E-state index is 12.2. The summed E-state index contributed by atoms with van der Waals surface area (Å²) in [5.41, 5.74) is 8.39. The summed E-state index contributed by atoms with van der Waals surface area (Å²) in [5, 5.41) is 0. The highest BCUT2D eigenvalue weighted by Gasteiger charge is 2.16.